The maximum Gasteiger partial charge on any atom is 0.208 e. The van der Waals surface area contributed by atoms with E-state index in [0.29, 0.717) is 0 Å². The highest BCUT2D eigenvalue weighted by molar-refractivity contribution is 8.01. The van der Waals surface area contributed by atoms with Gasteiger partial charge in [-0.25, -0.2) is 4.98 Å². The minimum absolute atomic E-state index is 0.0131. The Kier molecular flexibility index (Phi) is 4.15. The van der Waals surface area contributed by atoms with Crippen LogP contribution in [0, 0.1) is 0 Å². The number of pyridine rings is 1. The highest BCUT2D eigenvalue weighted by Gasteiger charge is 2.09. The van der Waals surface area contributed by atoms with E-state index in [-0.39, 0.29) is 6.04 Å². The number of aromatic nitrogens is 3. The van der Waals surface area contributed by atoms with E-state index in [1.807, 2.05) is 38.1 Å². The van der Waals surface area contributed by atoms with Crippen LogP contribution in [0.4, 0.5) is 5.13 Å². The van der Waals surface area contributed by atoms with E-state index in [9.17, 15) is 0 Å². The van der Waals surface area contributed by atoms with Crippen LogP contribution in [0.1, 0.15) is 18.5 Å². The predicted octanol–water partition coefficient (Wildman–Crippen LogP) is 2.17. The zero-order valence-electron chi connectivity index (χ0n) is 10.5. The summed E-state index contributed by atoms with van der Waals surface area (Å²) in [5.41, 5.74) is 6.92. The number of nitrogens with zero attached hydrogens (tertiary/aromatic N) is 4. The molecule has 96 valence electrons. The van der Waals surface area contributed by atoms with E-state index >= 15 is 0 Å². The van der Waals surface area contributed by atoms with Crippen molar-refractivity contribution in [1.82, 2.24) is 15.2 Å². The van der Waals surface area contributed by atoms with Crippen LogP contribution in [-0.4, -0.2) is 29.3 Å². The Morgan fingerprint density at radius 1 is 1.39 bits per heavy atom. The molecule has 0 amide bonds. The van der Waals surface area contributed by atoms with Crippen molar-refractivity contribution in [3.63, 3.8) is 0 Å². The van der Waals surface area contributed by atoms with E-state index in [1.165, 1.54) is 11.8 Å². The van der Waals surface area contributed by atoms with Gasteiger partial charge in [0.15, 0.2) is 4.34 Å². The maximum atomic E-state index is 5.85. The first-order valence-electron chi connectivity index (χ1n) is 5.46. The van der Waals surface area contributed by atoms with Gasteiger partial charge in [0.1, 0.15) is 5.03 Å². The molecule has 0 aliphatic heterocycles. The number of hydrogen-bond donors (Lipinski definition) is 1. The molecular weight excluding hydrogens is 266 g/mol. The van der Waals surface area contributed by atoms with Gasteiger partial charge in [0.05, 0.1) is 0 Å². The first-order valence-corrected chi connectivity index (χ1v) is 7.10. The zero-order chi connectivity index (χ0) is 13.1. The topological polar surface area (TPSA) is 67.9 Å². The van der Waals surface area contributed by atoms with E-state index in [4.69, 9.17) is 5.73 Å². The molecule has 18 heavy (non-hydrogen) atoms. The van der Waals surface area contributed by atoms with Gasteiger partial charge in [0.2, 0.25) is 5.13 Å². The average molecular weight is 281 g/mol. The molecule has 0 spiro atoms. The van der Waals surface area contributed by atoms with E-state index in [1.54, 1.807) is 17.5 Å². The van der Waals surface area contributed by atoms with Crippen molar-refractivity contribution in [1.29, 1.82) is 0 Å². The Labute approximate surface area is 114 Å². The van der Waals surface area contributed by atoms with Gasteiger partial charge >= 0.3 is 0 Å². The Bertz CT molecular complexity index is 524. The van der Waals surface area contributed by atoms with Crippen LogP contribution in [0.5, 0.6) is 0 Å². The summed E-state index contributed by atoms with van der Waals surface area (Å²) in [5.74, 6) is 0. The summed E-state index contributed by atoms with van der Waals surface area (Å²) in [5, 5.41) is 10.0. The lowest BCUT2D eigenvalue weighted by atomic mass is 10.1. The Balaban J connectivity index is 2.15. The third-order valence-electron chi connectivity index (χ3n) is 2.25. The Morgan fingerprint density at radius 2 is 2.17 bits per heavy atom. The molecule has 2 aromatic rings. The summed E-state index contributed by atoms with van der Waals surface area (Å²) in [6.45, 7) is 1.96. The average Bonchev–Trinajstić information content (AvgIpc) is 2.78. The normalized spacial score (nSPS) is 12.4. The molecule has 7 heteroatoms. The molecule has 0 bridgehead atoms. The van der Waals surface area contributed by atoms with Crippen LogP contribution < -0.4 is 10.6 Å². The van der Waals surface area contributed by atoms with Crippen LogP contribution >= 0.6 is 23.1 Å². The second-order valence-electron chi connectivity index (χ2n) is 4.06. The highest BCUT2D eigenvalue weighted by atomic mass is 32.2. The summed E-state index contributed by atoms with van der Waals surface area (Å²) >= 11 is 3.05. The SMILES string of the molecule is CC(N)c1ccnc(Sc2nnc(N(C)C)s2)c1. The lowest BCUT2D eigenvalue weighted by Gasteiger charge is -2.06. The standard InChI is InChI=1S/C11H15N5S2/c1-7(12)8-4-5-13-9(6-8)17-11-15-14-10(18-11)16(2)3/h4-7H,12H2,1-3H3. The van der Waals surface area contributed by atoms with Gasteiger partial charge in [-0.15, -0.1) is 10.2 Å². The van der Waals surface area contributed by atoms with Crippen LogP contribution in [0.25, 0.3) is 0 Å². The molecule has 0 fully saturated rings. The summed E-state index contributed by atoms with van der Waals surface area (Å²) in [6, 6.07) is 3.94. The molecule has 2 rings (SSSR count). The molecule has 0 aliphatic carbocycles. The summed E-state index contributed by atoms with van der Waals surface area (Å²) < 4.78 is 0.882. The summed E-state index contributed by atoms with van der Waals surface area (Å²) in [4.78, 5) is 6.24. The van der Waals surface area contributed by atoms with Crippen LogP contribution in [-0.2, 0) is 0 Å². The van der Waals surface area contributed by atoms with Crippen LogP contribution in [0.15, 0.2) is 27.7 Å². The molecule has 0 radical (unpaired) electrons. The van der Waals surface area contributed by atoms with Gasteiger partial charge in [-0.3, -0.25) is 0 Å². The summed E-state index contributed by atoms with van der Waals surface area (Å²) in [6.07, 6.45) is 1.77. The number of rotatable bonds is 4. The van der Waals surface area contributed by atoms with E-state index in [0.717, 1.165) is 20.1 Å². The minimum atomic E-state index is 0.0131. The molecule has 0 aliphatic rings. The molecule has 0 saturated heterocycles. The van der Waals surface area contributed by atoms with Gasteiger partial charge in [-0.1, -0.05) is 11.3 Å². The lowest BCUT2D eigenvalue weighted by Crippen LogP contribution is -2.07. The van der Waals surface area contributed by atoms with Crippen molar-refractivity contribution in [2.45, 2.75) is 22.3 Å². The van der Waals surface area contributed by atoms with Crippen molar-refractivity contribution in [2.24, 2.45) is 5.73 Å². The Morgan fingerprint density at radius 3 is 2.78 bits per heavy atom. The van der Waals surface area contributed by atoms with Crippen molar-refractivity contribution in [3.8, 4) is 0 Å². The maximum absolute atomic E-state index is 5.85. The van der Waals surface area contributed by atoms with Gasteiger partial charge in [-0.05, 0) is 36.4 Å². The fourth-order valence-corrected chi connectivity index (χ4v) is 3.00. The third-order valence-corrected chi connectivity index (χ3v) is 4.33. The smallest absolute Gasteiger partial charge is 0.208 e. The van der Waals surface area contributed by atoms with Crippen LogP contribution in [0.2, 0.25) is 0 Å². The first kappa shape index (κ1) is 13.3. The molecule has 5 nitrogen and oxygen atoms in total. The van der Waals surface area contributed by atoms with Crippen molar-refractivity contribution >= 4 is 28.2 Å². The molecule has 0 saturated carbocycles. The minimum Gasteiger partial charge on any atom is -0.353 e. The first-order chi connectivity index (χ1) is 8.56. The largest absolute Gasteiger partial charge is 0.353 e. The van der Waals surface area contributed by atoms with Crippen LogP contribution in [0.3, 0.4) is 0 Å². The second kappa shape index (κ2) is 5.64. The molecular formula is C11H15N5S2. The Hall–Kier alpha value is -1.18. The summed E-state index contributed by atoms with van der Waals surface area (Å²) in [7, 11) is 3.90. The molecule has 2 aromatic heterocycles. The van der Waals surface area contributed by atoms with Crippen molar-refractivity contribution in [3.05, 3.63) is 23.9 Å². The lowest BCUT2D eigenvalue weighted by molar-refractivity contribution is 0.808. The number of nitrogens with two attached hydrogens (primary N) is 1. The third kappa shape index (κ3) is 3.18. The van der Waals surface area contributed by atoms with Crippen molar-refractivity contribution < 1.29 is 0 Å². The number of anilines is 1. The quantitative estimate of drug-likeness (QED) is 0.926. The fraction of sp³-hybridized carbons (Fsp3) is 0.364. The fourth-order valence-electron chi connectivity index (χ4n) is 1.28. The van der Waals surface area contributed by atoms with Gasteiger partial charge in [0, 0.05) is 26.3 Å². The van der Waals surface area contributed by atoms with E-state index < -0.39 is 0 Å². The second-order valence-corrected chi connectivity index (χ2v) is 6.29. The van der Waals surface area contributed by atoms with E-state index in [2.05, 4.69) is 15.2 Å². The van der Waals surface area contributed by atoms with Crippen molar-refractivity contribution in [2.75, 3.05) is 19.0 Å². The molecule has 2 heterocycles. The number of hydrogen-bond acceptors (Lipinski definition) is 7. The highest BCUT2D eigenvalue weighted by Crippen LogP contribution is 2.32. The monoisotopic (exact) mass is 281 g/mol. The van der Waals surface area contributed by atoms with Gasteiger partial charge < -0.3 is 10.6 Å². The molecule has 2 N–H and O–H groups in total. The molecule has 1 unspecified atom stereocenters. The predicted molar refractivity (Wildman–Crippen MR) is 75.2 cm³/mol. The van der Waals surface area contributed by atoms with Gasteiger partial charge in [-0.2, -0.15) is 0 Å². The zero-order valence-corrected chi connectivity index (χ0v) is 12.1. The molecule has 0 aromatic carbocycles. The molecule has 1 atom stereocenters. The van der Waals surface area contributed by atoms with Gasteiger partial charge in [0.25, 0.3) is 0 Å².